The van der Waals surface area contributed by atoms with Crippen molar-refractivity contribution in [3.05, 3.63) is 69.7 Å². The van der Waals surface area contributed by atoms with Gasteiger partial charge < -0.3 is 4.90 Å². The number of nitrogens with zero attached hydrogens (tertiary/aromatic N) is 3. The summed E-state index contributed by atoms with van der Waals surface area (Å²) in [5, 5.41) is 6.69. The number of carbonyl (C=O) groups is 1. The van der Waals surface area contributed by atoms with E-state index in [1.54, 1.807) is 6.07 Å². The van der Waals surface area contributed by atoms with Gasteiger partial charge in [-0.2, -0.15) is 5.10 Å². The second-order valence-electron chi connectivity index (χ2n) is 10.4. The second kappa shape index (κ2) is 10.0. The van der Waals surface area contributed by atoms with Gasteiger partial charge in [0.05, 0.1) is 5.69 Å². The molecule has 2 heterocycles. The fourth-order valence-corrected chi connectivity index (χ4v) is 5.67. The predicted molar refractivity (Wildman–Crippen MR) is 139 cm³/mol. The molecule has 1 aliphatic carbocycles. The lowest BCUT2D eigenvalue weighted by atomic mass is 9.88. The number of likely N-dealkylation sites (tertiary alicyclic amines) is 1. The molecule has 2 fully saturated rings. The highest BCUT2D eigenvalue weighted by Crippen LogP contribution is 2.34. The Bertz CT molecular complexity index is 1320. The molecule has 1 N–H and O–H groups in total. The number of carbonyl (C=O) groups excluding carboxylic acids is 1. The van der Waals surface area contributed by atoms with Crippen LogP contribution in [-0.2, 0) is 11.2 Å². The van der Waals surface area contributed by atoms with E-state index in [-0.39, 0.29) is 23.4 Å². The lowest BCUT2D eigenvalue weighted by Gasteiger charge is -2.17. The maximum absolute atomic E-state index is 15.4. The van der Waals surface area contributed by atoms with Crippen LogP contribution in [0.25, 0.3) is 16.8 Å². The lowest BCUT2D eigenvalue weighted by molar-refractivity contribution is -0.131. The summed E-state index contributed by atoms with van der Waals surface area (Å²) in [6, 6.07) is 11.3. The Labute approximate surface area is 211 Å². The zero-order chi connectivity index (χ0) is 25.4. The standard InChI is InChI=1S/C29H35FN4O2/c1-4-20(5-2)24-10-8-22(14-18(24)3)23-9-11-26(25(30)16-23)34-27(31-32-29(34)36)15-19-12-13-33(17-19)28(35)21-6-7-21/h8-11,14,16,19-21H,4-7,12-13,15,17H2,1-3H3,(H,32,36). The van der Waals surface area contributed by atoms with Crippen molar-refractivity contribution < 1.29 is 9.18 Å². The summed E-state index contributed by atoms with van der Waals surface area (Å²) in [5.74, 6) is 1.24. The molecule has 1 aromatic heterocycles. The third-order valence-electron chi connectivity index (χ3n) is 7.95. The van der Waals surface area contributed by atoms with Crippen LogP contribution < -0.4 is 5.69 Å². The van der Waals surface area contributed by atoms with Gasteiger partial charge in [-0.25, -0.2) is 18.9 Å². The van der Waals surface area contributed by atoms with Crippen molar-refractivity contribution >= 4 is 5.91 Å². The quantitative estimate of drug-likeness (QED) is 0.461. The molecule has 1 aliphatic heterocycles. The van der Waals surface area contributed by atoms with Crippen LogP contribution in [0.5, 0.6) is 0 Å². The Balaban J connectivity index is 1.36. The monoisotopic (exact) mass is 490 g/mol. The highest BCUT2D eigenvalue weighted by atomic mass is 19.1. The van der Waals surface area contributed by atoms with Crippen LogP contribution in [-0.4, -0.2) is 38.7 Å². The largest absolute Gasteiger partial charge is 0.348 e. The third-order valence-corrected chi connectivity index (χ3v) is 7.95. The van der Waals surface area contributed by atoms with Crippen LogP contribution in [0.3, 0.4) is 0 Å². The van der Waals surface area contributed by atoms with E-state index in [0.29, 0.717) is 24.7 Å². The minimum absolute atomic E-state index is 0.196. The maximum atomic E-state index is 15.4. The first-order valence-electron chi connectivity index (χ1n) is 13.3. The molecule has 3 aromatic rings. The summed E-state index contributed by atoms with van der Waals surface area (Å²) in [7, 11) is 0. The number of rotatable bonds is 8. The van der Waals surface area contributed by atoms with Gasteiger partial charge in [-0.1, -0.05) is 38.1 Å². The van der Waals surface area contributed by atoms with Gasteiger partial charge in [0.25, 0.3) is 0 Å². The molecule has 0 radical (unpaired) electrons. The SMILES string of the molecule is CCC(CC)c1ccc(-c2ccc(-n3c(CC4CCN(C(=O)C5CC5)C4)n[nH]c3=O)c(F)c2)cc1C. The number of benzene rings is 2. The fraction of sp³-hybridized carbons (Fsp3) is 0.483. The van der Waals surface area contributed by atoms with Crippen LogP contribution in [0.15, 0.2) is 41.2 Å². The normalized spacial score (nSPS) is 17.8. The molecule has 6 nitrogen and oxygen atoms in total. The molecule has 1 saturated carbocycles. The summed E-state index contributed by atoms with van der Waals surface area (Å²) >= 11 is 0. The van der Waals surface area contributed by atoms with Gasteiger partial charge in [0.1, 0.15) is 11.6 Å². The molecule has 1 amide bonds. The molecule has 0 spiro atoms. The smallest absolute Gasteiger partial charge is 0.342 e. The first-order chi connectivity index (χ1) is 17.4. The van der Waals surface area contributed by atoms with E-state index in [0.717, 1.165) is 49.8 Å². The average Bonchev–Trinajstić information content (AvgIpc) is 3.52. The molecular formula is C29H35FN4O2. The van der Waals surface area contributed by atoms with Gasteiger partial charge in [0.2, 0.25) is 5.91 Å². The maximum Gasteiger partial charge on any atom is 0.348 e. The van der Waals surface area contributed by atoms with Crippen LogP contribution in [0, 0.1) is 24.6 Å². The fourth-order valence-electron chi connectivity index (χ4n) is 5.67. The molecule has 2 aromatic carbocycles. The number of halogens is 1. The minimum atomic E-state index is -0.462. The van der Waals surface area contributed by atoms with Crippen molar-refractivity contribution in [1.82, 2.24) is 19.7 Å². The minimum Gasteiger partial charge on any atom is -0.342 e. The lowest BCUT2D eigenvalue weighted by Crippen LogP contribution is -2.30. The Hall–Kier alpha value is -3.22. The van der Waals surface area contributed by atoms with Crippen molar-refractivity contribution in [2.45, 2.75) is 65.2 Å². The van der Waals surface area contributed by atoms with E-state index in [1.807, 2.05) is 11.0 Å². The summed E-state index contributed by atoms with van der Waals surface area (Å²) in [6.45, 7) is 7.94. The summed E-state index contributed by atoms with van der Waals surface area (Å²) in [6.07, 6.45) is 5.57. The van der Waals surface area contributed by atoms with E-state index in [4.69, 9.17) is 0 Å². The second-order valence-corrected chi connectivity index (χ2v) is 10.4. The number of hydrogen-bond acceptors (Lipinski definition) is 3. The Morgan fingerprint density at radius 3 is 2.50 bits per heavy atom. The molecule has 5 rings (SSSR count). The van der Waals surface area contributed by atoms with Crippen molar-refractivity contribution in [3.63, 3.8) is 0 Å². The van der Waals surface area contributed by atoms with Gasteiger partial charge in [-0.05, 0) is 85.3 Å². The topological polar surface area (TPSA) is 71.0 Å². The molecule has 7 heteroatoms. The Kier molecular flexibility index (Phi) is 6.82. The Morgan fingerprint density at radius 1 is 1.11 bits per heavy atom. The molecule has 0 bridgehead atoms. The highest BCUT2D eigenvalue weighted by molar-refractivity contribution is 5.81. The summed E-state index contributed by atoms with van der Waals surface area (Å²) < 4.78 is 16.7. The molecule has 1 unspecified atom stereocenters. The number of nitrogens with one attached hydrogen (secondary N) is 1. The van der Waals surface area contributed by atoms with Crippen molar-refractivity contribution in [3.8, 4) is 16.8 Å². The predicted octanol–water partition coefficient (Wildman–Crippen LogP) is 5.38. The molecule has 1 saturated heterocycles. The van der Waals surface area contributed by atoms with Gasteiger partial charge in [-0.15, -0.1) is 0 Å². The van der Waals surface area contributed by atoms with Crippen molar-refractivity contribution in [2.24, 2.45) is 11.8 Å². The van der Waals surface area contributed by atoms with Gasteiger partial charge in [-0.3, -0.25) is 4.79 Å². The van der Waals surface area contributed by atoms with E-state index in [2.05, 4.69) is 49.2 Å². The molecule has 2 aliphatic rings. The van der Waals surface area contributed by atoms with Gasteiger partial charge >= 0.3 is 5.69 Å². The van der Waals surface area contributed by atoms with Crippen LogP contribution in [0.1, 0.15) is 68.8 Å². The van der Waals surface area contributed by atoms with Crippen LogP contribution in [0.4, 0.5) is 4.39 Å². The number of hydrogen-bond donors (Lipinski definition) is 1. The molecule has 1 atom stereocenters. The molecule has 36 heavy (non-hydrogen) atoms. The van der Waals surface area contributed by atoms with E-state index in [9.17, 15) is 9.59 Å². The summed E-state index contributed by atoms with van der Waals surface area (Å²) in [5.41, 5.74) is 4.04. The highest BCUT2D eigenvalue weighted by Gasteiger charge is 2.37. The number of aromatic amines is 1. The number of aryl methyl sites for hydroxylation is 1. The summed E-state index contributed by atoms with van der Waals surface area (Å²) in [4.78, 5) is 26.9. The van der Waals surface area contributed by atoms with E-state index < -0.39 is 11.5 Å². The zero-order valence-corrected chi connectivity index (χ0v) is 21.4. The number of aromatic nitrogens is 3. The zero-order valence-electron chi connectivity index (χ0n) is 21.4. The van der Waals surface area contributed by atoms with E-state index >= 15 is 4.39 Å². The van der Waals surface area contributed by atoms with E-state index in [1.165, 1.54) is 21.8 Å². The average molecular weight is 491 g/mol. The van der Waals surface area contributed by atoms with Crippen molar-refractivity contribution in [1.29, 1.82) is 0 Å². The Morgan fingerprint density at radius 2 is 1.83 bits per heavy atom. The molecule has 190 valence electrons. The molecular weight excluding hydrogens is 455 g/mol. The van der Waals surface area contributed by atoms with Crippen LogP contribution >= 0.6 is 0 Å². The number of H-pyrrole nitrogens is 1. The van der Waals surface area contributed by atoms with Crippen molar-refractivity contribution in [2.75, 3.05) is 13.1 Å². The number of amides is 1. The third kappa shape index (κ3) is 4.75. The van der Waals surface area contributed by atoms with Gasteiger partial charge in [0, 0.05) is 25.4 Å². The van der Waals surface area contributed by atoms with Crippen LogP contribution in [0.2, 0.25) is 0 Å². The first-order valence-corrected chi connectivity index (χ1v) is 13.3. The first kappa shape index (κ1) is 24.5. The van der Waals surface area contributed by atoms with Gasteiger partial charge in [0.15, 0.2) is 0 Å².